The summed E-state index contributed by atoms with van der Waals surface area (Å²) in [5, 5.41) is 0. The second-order valence-electron chi connectivity index (χ2n) is 3.13. The van der Waals surface area contributed by atoms with Crippen LogP contribution in [0.15, 0.2) is 44.2 Å². The van der Waals surface area contributed by atoms with Gasteiger partial charge in [0.1, 0.15) is 0 Å². The summed E-state index contributed by atoms with van der Waals surface area (Å²) in [5.74, 6) is 0. The summed E-state index contributed by atoms with van der Waals surface area (Å²) in [4.78, 5) is 0. The molecule has 0 heterocycles. The fourth-order valence-electron chi connectivity index (χ4n) is 1.55. The second-order valence-corrected chi connectivity index (χ2v) is 9.54. The topological polar surface area (TPSA) is 0 Å². The molecule has 60 valence electrons. The van der Waals surface area contributed by atoms with E-state index >= 15 is 0 Å². The maximum absolute atomic E-state index is 2.33. The third-order valence-corrected chi connectivity index (χ3v) is 9.64. The normalized spacial score (nSPS) is 19.7. The van der Waals surface area contributed by atoms with Crippen LogP contribution in [-0.4, -0.2) is 7.63 Å². The minimum absolute atomic E-state index is 0.954. The third-order valence-electron chi connectivity index (χ3n) is 2.32. The van der Waals surface area contributed by atoms with Gasteiger partial charge < -0.3 is 0 Å². The van der Waals surface area contributed by atoms with Gasteiger partial charge in [0.05, 0.1) is 0 Å². The van der Waals surface area contributed by atoms with Crippen molar-refractivity contribution < 1.29 is 16.6 Å². The van der Waals surface area contributed by atoms with Crippen LogP contribution >= 0.6 is 0 Å². The van der Waals surface area contributed by atoms with Crippen LogP contribution in [0.3, 0.4) is 0 Å². The molecule has 0 aromatic heterocycles. The van der Waals surface area contributed by atoms with E-state index in [1.165, 1.54) is 12.8 Å². The number of allylic oxidation sites excluding steroid dienone is 8. The third kappa shape index (κ3) is 1.63. The first-order chi connectivity index (χ1) is 5.88. The standard InChI is InChI=1S/2C5H5.H2Si.Ti/c2*1-2-4-5-3-1;;/h2*1-3H,4H2;1H2;. The molecule has 2 heteroatoms. The molecule has 0 radical (unpaired) electrons. The van der Waals surface area contributed by atoms with Crippen molar-refractivity contribution in [3.8, 4) is 0 Å². The molecule has 2 aliphatic carbocycles. The molecule has 0 aromatic rings. The average Bonchev–Trinajstić information content (AvgIpc) is 2.77. The Morgan fingerprint density at radius 3 is 1.83 bits per heavy atom. The average molecular weight is 208 g/mol. The summed E-state index contributed by atoms with van der Waals surface area (Å²) >= 11 is -0.954. The summed E-state index contributed by atoms with van der Waals surface area (Å²) in [6, 6.07) is 0. The van der Waals surface area contributed by atoms with Crippen molar-refractivity contribution >= 4 is 7.63 Å². The van der Waals surface area contributed by atoms with E-state index in [0.29, 0.717) is 0 Å². The Labute approximate surface area is 81.2 Å². The van der Waals surface area contributed by atoms with E-state index in [1.54, 1.807) is 7.76 Å². The SMILES string of the molecule is [SiH2]=[Ti]([C]1=CC=CC1)[C]1=CC=CC1. The molecule has 12 heavy (non-hydrogen) atoms. The molecule has 0 saturated heterocycles. The second kappa shape index (κ2) is 3.73. The van der Waals surface area contributed by atoms with Crippen molar-refractivity contribution in [1.82, 2.24) is 0 Å². The molecule has 0 unspecified atom stereocenters. The van der Waals surface area contributed by atoms with Crippen LogP contribution in [-0.2, 0) is 16.6 Å². The van der Waals surface area contributed by atoms with Gasteiger partial charge in [0, 0.05) is 0 Å². The quantitative estimate of drug-likeness (QED) is 0.607. The van der Waals surface area contributed by atoms with Crippen molar-refractivity contribution in [3.05, 3.63) is 44.2 Å². The Kier molecular flexibility index (Phi) is 2.64. The monoisotopic (exact) mass is 208 g/mol. The first kappa shape index (κ1) is 8.49. The first-order valence-corrected chi connectivity index (χ1v) is 9.87. The summed E-state index contributed by atoms with van der Waals surface area (Å²) in [6.07, 6.45) is 16.1. The van der Waals surface area contributed by atoms with E-state index in [-0.39, 0.29) is 0 Å². The van der Waals surface area contributed by atoms with E-state index in [9.17, 15) is 0 Å². The van der Waals surface area contributed by atoms with Crippen molar-refractivity contribution in [2.75, 3.05) is 0 Å². The molecule has 0 atom stereocenters. The van der Waals surface area contributed by atoms with Gasteiger partial charge in [0.2, 0.25) is 0 Å². The van der Waals surface area contributed by atoms with E-state index in [1.807, 2.05) is 0 Å². The van der Waals surface area contributed by atoms with Gasteiger partial charge in [-0.1, -0.05) is 0 Å². The van der Waals surface area contributed by atoms with Crippen molar-refractivity contribution in [3.63, 3.8) is 0 Å². The van der Waals surface area contributed by atoms with Crippen molar-refractivity contribution in [2.45, 2.75) is 12.8 Å². The molecule has 0 spiro atoms. The zero-order valence-corrected chi connectivity index (χ0v) is 10.1. The van der Waals surface area contributed by atoms with Crippen LogP contribution in [0.5, 0.6) is 0 Å². The van der Waals surface area contributed by atoms with Gasteiger partial charge in [0.15, 0.2) is 0 Å². The molecule has 0 saturated carbocycles. The molecular weight excluding hydrogens is 196 g/mol. The van der Waals surface area contributed by atoms with Crippen LogP contribution in [0.25, 0.3) is 0 Å². The van der Waals surface area contributed by atoms with Gasteiger partial charge in [-0.05, 0) is 0 Å². The molecule has 0 bridgehead atoms. The van der Waals surface area contributed by atoms with E-state index in [2.05, 4.69) is 44.1 Å². The number of rotatable bonds is 2. The molecule has 0 fully saturated rings. The Bertz CT molecular complexity index is 300. The molecule has 0 aromatic carbocycles. The molecule has 2 aliphatic rings. The zero-order valence-electron chi connectivity index (χ0n) is 7.09. The fourth-order valence-corrected chi connectivity index (χ4v) is 6.42. The van der Waals surface area contributed by atoms with Gasteiger partial charge in [0.25, 0.3) is 0 Å². The molecule has 0 aliphatic heterocycles. The van der Waals surface area contributed by atoms with E-state index < -0.39 is 16.6 Å². The van der Waals surface area contributed by atoms with E-state index in [4.69, 9.17) is 0 Å². The van der Waals surface area contributed by atoms with Crippen molar-refractivity contribution in [1.29, 1.82) is 0 Å². The van der Waals surface area contributed by atoms with Gasteiger partial charge in [-0.3, -0.25) is 0 Å². The summed E-state index contributed by atoms with van der Waals surface area (Å²) in [7, 11) is 2.26. The Morgan fingerprint density at radius 2 is 1.50 bits per heavy atom. The Balaban J connectivity index is 2.11. The first-order valence-electron chi connectivity index (χ1n) is 4.29. The zero-order chi connectivity index (χ0) is 8.39. The Morgan fingerprint density at radius 1 is 1.00 bits per heavy atom. The molecule has 2 rings (SSSR count). The molecule has 0 amide bonds. The summed E-state index contributed by atoms with van der Waals surface area (Å²) in [5.41, 5.74) is 0. The maximum atomic E-state index is 2.33. The van der Waals surface area contributed by atoms with E-state index in [0.717, 1.165) is 0 Å². The van der Waals surface area contributed by atoms with Gasteiger partial charge in [-0.25, -0.2) is 0 Å². The predicted octanol–water partition coefficient (Wildman–Crippen LogP) is 1.84. The van der Waals surface area contributed by atoms with Crippen LogP contribution in [0.4, 0.5) is 0 Å². The van der Waals surface area contributed by atoms with Crippen molar-refractivity contribution in [2.24, 2.45) is 0 Å². The summed E-state index contributed by atoms with van der Waals surface area (Å²) in [6.45, 7) is 0. The molecular formula is C10H12SiTi. The molecule has 0 nitrogen and oxygen atoms in total. The Hall–Kier alpha value is -0.109. The molecule has 0 N–H and O–H groups in total. The van der Waals surface area contributed by atoms with Crippen LogP contribution in [0, 0.1) is 0 Å². The van der Waals surface area contributed by atoms with Gasteiger partial charge in [-0.2, -0.15) is 0 Å². The minimum atomic E-state index is -0.954. The summed E-state index contributed by atoms with van der Waals surface area (Å²) < 4.78 is 3.48. The number of hydrogen-bond donors (Lipinski definition) is 0. The predicted molar refractivity (Wildman–Crippen MR) is 52.2 cm³/mol. The fraction of sp³-hybridized carbons (Fsp3) is 0.200. The van der Waals surface area contributed by atoms with Gasteiger partial charge in [-0.15, -0.1) is 0 Å². The van der Waals surface area contributed by atoms with Crippen LogP contribution in [0.1, 0.15) is 12.8 Å². The van der Waals surface area contributed by atoms with Crippen LogP contribution in [0.2, 0.25) is 0 Å². The number of hydrogen-bond acceptors (Lipinski definition) is 0. The van der Waals surface area contributed by atoms with Crippen LogP contribution < -0.4 is 0 Å². The van der Waals surface area contributed by atoms with Gasteiger partial charge >= 0.3 is 81.3 Å².